The van der Waals surface area contributed by atoms with Crippen molar-refractivity contribution >= 4 is 0 Å². The summed E-state index contributed by atoms with van der Waals surface area (Å²) in [5, 5.41) is 0. The van der Waals surface area contributed by atoms with E-state index in [0.29, 0.717) is 5.92 Å². The van der Waals surface area contributed by atoms with Crippen LogP contribution in [0, 0.1) is 0 Å². The molecule has 1 atom stereocenters. The molecular formula is C12H19NO. The normalized spacial score (nSPS) is 13.0. The molecule has 0 heterocycles. The highest BCUT2D eigenvalue weighted by atomic mass is 16.5. The Kier molecular flexibility index (Phi) is 3.53. The maximum absolute atomic E-state index is 5.83. The molecule has 0 aliphatic carbocycles. The van der Waals surface area contributed by atoms with Crippen LogP contribution in [0.2, 0.25) is 0 Å². The standard InChI is InChI=1S/C12H19NO/c1-8(2)11-7-10(9(3)13)5-6-12(11)14-4/h5-9H,13H2,1-4H3. The van der Waals surface area contributed by atoms with Gasteiger partial charge in [-0.15, -0.1) is 0 Å². The fraction of sp³-hybridized carbons (Fsp3) is 0.500. The molecule has 2 nitrogen and oxygen atoms in total. The molecule has 1 unspecified atom stereocenters. The van der Waals surface area contributed by atoms with E-state index in [1.165, 1.54) is 5.56 Å². The molecule has 0 aromatic heterocycles. The molecule has 1 aromatic carbocycles. The second-order valence-corrected chi connectivity index (χ2v) is 3.94. The summed E-state index contributed by atoms with van der Waals surface area (Å²) in [7, 11) is 1.70. The fourth-order valence-corrected chi connectivity index (χ4v) is 1.49. The summed E-state index contributed by atoms with van der Waals surface area (Å²) in [5.74, 6) is 1.41. The SMILES string of the molecule is COc1ccc(C(C)N)cc1C(C)C. The van der Waals surface area contributed by atoms with Gasteiger partial charge in [0.2, 0.25) is 0 Å². The van der Waals surface area contributed by atoms with Gasteiger partial charge in [-0.3, -0.25) is 0 Å². The van der Waals surface area contributed by atoms with Crippen LogP contribution < -0.4 is 10.5 Å². The van der Waals surface area contributed by atoms with Crippen molar-refractivity contribution in [2.24, 2.45) is 5.73 Å². The number of rotatable bonds is 3. The highest BCUT2D eigenvalue weighted by molar-refractivity contribution is 5.40. The molecule has 1 rings (SSSR count). The molecule has 0 aliphatic rings. The lowest BCUT2D eigenvalue weighted by Gasteiger charge is -2.14. The topological polar surface area (TPSA) is 35.2 Å². The van der Waals surface area contributed by atoms with Crippen LogP contribution in [0.25, 0.3) is 0 Å². The molecule has 0 amide bonds. The highest BCUT2D eigenvalue weighted by Gasteiger charge is 2.09. The van der Waals surface area contributed by atoms with Gasteiger partial charge in [-0.25, -0.2) is 0 Å². The van der Waals surface area contributed by atoms with Crippen molar-refractivity contribution < 1.29 is 4.74 Å². The molecule has 0 saturated heterocycles. The molecule has 2 N–H and O–H groups in total. The van der Waals surface area contributed by atoms with Crippen molar-refractivity contribution in [1.82, 2.24) is 0 Å². The Hall–Kier alpha value is -1.02. The number of nitrogens with two attached hydrogens (primary N) is 1. The van der Waals surface area contributed by atoms with E-state index in [9.17, 15) is 0 Å². The molecule has 0 spiro atoms. The van der Waals surface area contributed by atoms with E-state index < -0.39 is 0 Å². The smallest absolute Gasteiger partial charge is 0.122 e. The summed E-state index contributed by atoms with van der Waals surface area (Å²) in [6.07, 6.45) is 0. The minimum Gasteiger partial charge on any atom is -0.496 e. The zero-order valence-corrected chi connectivity index (χ0v) is 9.37. The average molecular weight is 193 g/mol. The third kappa shape index (κ3) is 2.26. The summed E-state index contributed by atoms with van der Waals surface area (Å²) in [5.41, 5.74) is 8.22. The summed E-state index contributed by atoms with van der Waals surface area (Å²) in [6.45, 7) is 6.30. The quantitative estimate of drug-likeness (QED) is 0.801. The first-order chi connectivity index (χ1) is 6.56. The summed E-state index contributed by atoms with van der Waals surface area (Å²) >= 11 is 0. The van der Waals surface area contributed by atoms with E-state index in [1.54, 1.807) is 7.11 Å². The average Bonchev–Trinajstić information content (AvgIpc) is 2.16. The van der Waals surface area contributed by atoms with Gasteiger partial charge in [0.05, 0.1) is 7.11 Å². The van der Waals surface area contributed by atoms with E-state index in [4.69, 9.17) is 10.5 Å². The number of ether oxygens (including phenoxy) is 1. The Morgan fingerprint density at radius 1 is 1.21 bits per heavy atom. The van der Waals surface area contributed by atoms with Crippen molar-refractivity contribution in [3.05, 3.63) is 29.3 Å². The predicted octanol–water partition coefficient (Wildman–Crippen LogP) is 2.84. The molecule has 0 fully saturated rings. The third-order valence-electron chi connectivity index (χ3n) is 2.40. The van der Waals surface area contributed by atoms with Crippen LogP contribution in [0.15, 0.2) is 18.2 Å². The fourth-order valence-electron chi connectivity index (χ4n) is 1.49. The number of benzene rings is 1. The third-order valence-corrected chi connectivity index (χ3v) is 2.40. The van der Waals surface area contributed by atoms with Crippen LogP contribution in [0.4, 0.5) is 0 Å². The Morgan fingerprint density at radius 3 is 2.29 bits per heavy atom. The van der Waals surface area contributed by atoms with Crippen molar-refractivity contribution in [2.45, 2.75) is 32.7 Å². The molecule has 14 heavy (non-hydrogen) atoms. The monoisotopic (exact) mass is 193 g/mol. The van der Waals surface area contributed by atoms with Gasteiger partial charge in [0, 0.05) is 6.04 Å². The minimum atomic E-state index is 0.0819. The van der Waals surface area contributed by atoms with Gasteiger partial charge in [-0.2, -0.15) is 0 Å². The lowest BCUT2D eigenvalue weighted by Crippen LogP contribution is -2.06. The summed E-state index contributed by atoms with van der Waals surface area (Å²) in [6, 6.07) is 6.23. The van der Waals surface area contributed by atoms with Crippen LogP contribution >= 0.6 is 0 Å². The number of hydrogen-bond acceptors (Lipinski definition) is 2. The second kappa shape index (κ2) is 4.47. The van der Waals surface area contributed by atoms with Gasteiger partial charge in [-0.1, -0.05) is 26.0 Å². The molecular weight excluding hydrogens is 174 g/mol. The lowest BCUT2D eigenvalue weighted by molar-refractivity contribution is 0.407. The molecule has 1 aromatic rings. The lowest BCUT2D eigenvalue weighted by atomic mass is 9.97. The van der Waals surface area contributed by atoms with Crippen LogP contribution in [-0.2, 0) is 0 Å². The molecule has 0 aliphatic heterocycles. The minimum absolute atomic E-state index is 0.0819. The van der Waals surface area contributed by atoms with Crippen LogP contribution in [0.5, 0.6) is 5.75 Å². The largest absolute Gasteiger partial charge is 0.496 e. The molecule has 2 heteroatoms. The van der Waals surface area contributed by atoms with Crippen LogP contribution in [0.3, 0.4) is 0 Å². The highest BCUT2D eigenvalue weighted by Crippen LogP contribution is 2.28. The van der Waals surface area contributed by atoms with Crippen LogP contribution in [-0.4, -0.2) is 7.11 Å². The van der Waals surface area contributed by atoms with Crippen LogP contribution in [0.1, 0.15) is 43.9 Å². The van der Waals surface area contributed by atoms with Gasteiger partial charge in [0.15, 0.2) is 0 Å². The van der Waals surface area contributed by atoms with Crippen molar-refractivity contribution in [1.29, 1.82) is 0 Å². The number of hydrogen-bond donors (Lipinski definition) is 1. The Labute approximate surface area is 86.1 Å². The van der Waals surface area contributed by atoms with E-state index >= 15 is 0 Å². The maximum atomic E-state index is 5.83. The van der Waals surface area contributed by atoms with E-state index in [1.807, 2.05) is 19.1 Å². The summed E-state index contributed by atoms with van der Waals surface area (Å²) in [4.78, 5) is 0. The second-order valence-electron chi connectivity index (χ2n) is 3.94. The molecule has 78 valence electrons. The van der Waals surface area contributed by atoms with E-state index in [2.05, 4.69) is 19.9 Å². The van der Waals surface area contributed by atoms with Crippen molar-refractivity contribution in [3.8, 4) is 5.75 Å². The Morgan fingerprint density at radius 2 is 1.86 bits per heavy atom. The van der Waals surface area contributed by atoms with E-state index in [0.717, 1.165) is 11.3 Å². The zero-order chi connectivity index (χ0) is 10.7. The molecule has 0 radical (unpaired) electrons. The van der Waals surface area contributed by atoms with E-state index in [-0.39, 0.29) is 6.04 Å². The van der Waals surface area contributed by atoms with Gasteiger partial charge in [0.1, 0.15) is 5.75 Å². The van der Waals surface area contributed by atoms with Crippen molar-refractivity contribution in [2.75, 3.05) is 7.11 Å². The number of methoxy groups -OCH3 is 1. The first-order valence-corrected chi connectivity index (χ1v) is 4.99. The summed E-state index contributed by atoms with van der Waals surface area (Å²) < 4.78 is 5.30. The Bertz CT molecular complexity index is 305. The van der Waals surface area contributed by atoms with Gasteiger partial charge in [0.25, 0.3) is 0 Å². The molecule has 0 saturated carbocycles. The maximum Gasteiger partial charge on any atom is 0.122 e. The first kappa shape index (κ1) is 11.1. The first-order valence-electron chi connectivity index (χ1n) is 4.99. The van der Waals surface area contributed by atoms with Gasteiger partial charge >= 0.3 is 0 Å². The predicted molar refractivity (Wildman–Crippen MR) is 59.7 cm³/mol. The van der Waals surface area contributed by atoms with Gasteiger partial charge in [-0.05, 0) is 30.0 Å². The molecule has 0 bridgehead atoms. The zero-order valence-electron chi connectivity index (χ0n) is 9.37. The Balaban J connectivity index is 3.14. The van der Waals surface area contributed by atoms with Crippen molar-refractivity contribution in [3.63, 3.8) is 0 Å². The van der Waals surface area contributed by atoms with Gasteiger partial charge < -0.3 is 10.5 Å².